The van der Waals surface area contributed by atoms with E-state index in [4.69, 9.17) is 21.6 Å². The highest BCUT2D eigenvalue weighted by Crippen LogP contribution is 2.41. The van der Waals surface area contributed by atoms with Gasteiger partial charge in [-0.25, -0.2) is 0 Å². The Morgan fingerprint density at radius 1 is 1.60 bits per heavy atom. The highest BCUT2D eigenvalue weighted by molar-refractivity contribution is 7.99. The van der Waals surface area contributed by atoms with Crippen LogP contribution in [0.2, 0.25) is 5.02 Å². The number of fused-ring (bicyclic) bond motifs is 1. The molecule has 4 heteroatoms. The van der Waals surface area contributed by atoms with Gasteiger partial charge in [-0.05, 0) is 30.2 Å². The molecular formula is C11H10ClNOS. The Morgan fingerprint density at radius 3 is 3.07 bits per heavy atom. The Hall–Kier alpha value is -0.850. The lowest BCUT2D eigenvalue weighted by atomic mass is 10.1. The van der Waals surface area contributed by atoms with E-state index in [-0.39, 0.29) is 0 Å². The van der Waals surface area contributed by atoms with Gasteiger partial charge in [0.15, 0.2) is 5.75 Å². The van der Waals surface area contributed by atoms with E-state index in [1.807, 2.05) is 6.07 Å². The van der Waals surface area contributed by atoms with Crippen molar-refractivity contribution >= 4 is 23.4 Å². The third-order valence-corrected chi connectivity index (χ3v) is 3.94. The molecule has 0 amide bonds. The fourth-order valence-electron chi connectivity index (χ4n) is 1.76. The first kappa shape index (κ1) is 10.7. The summed E-state index contributed by atoms with van der Waals surface area (Å²) in [5, 5.41) is 9.67. The summed E-state index contributed by atoms with van der Waals surface area (Å²) in [4.78, 5) is 1.05. The van der Waals surface area contributed by atoms with E-state index in [1.165, 1.54) is 5.56 Å². The Kier molecular flexibility index (Phi) is 3.08. The number of halogens is 1. The number of methoxy groups -OCH3 is 1. The summed E-state index contributed by atoms with van der Waals surface area (Å²) in [5.74, 6) is 1.57. The van der Waals surface area contributed by atoms with Crippen molar-refractivity contribution in [3.63, 3.8) is 0 Å². The van der Waals surface area contributed by atoms with Crippen molar-refractivity contribution in [2.45, 2.75) is 17.7 Å². The van der Waals surface area contributed by atoms with Gasteiger partial charge < -0.3 is 4.74 Å². The molecule has 0 atom stereocenters. The van der Waals surface area contributed by atoms with Crippen molar-refractivity contribution in [1.82, 2.24) is 0 Å². The lowest BCUT2D eigenvalue weighted by Gasteiger charge is -2.18. The van der Waals surface area contributed by atoms with Crippen LogP contribution in [0.3, 0.4) is 0 Å². The van der Waals surface area contributed by atoms with Crippen LogP contribution in [0.1, 0.15) is 17.5 Å². The van der Waals surface area contributed by atoms with Gasteiger partial charge in [-0.15, -0.1) is 11.8 Å². The van der Waals surface area contributed by atoms with Gasteiger partial charge in [-0.3, -0.25) is 0 Å². The number of rotatable bonds is 1. The second-order valence-electron chi connectivity index (χ2n) is 3.32. The Bertz CT molecular complexity index is 439. The van der Waals surface area contributed by atoms with Crippen LogP contribution in [0, 0.1) is 11.3 Å². The summed E-state index contributed by atoms with van der Waals surface area (Å²) in [6.07, 6.45) is 2.14. The molecule has 1 aliphatic heterocycles. The highest BCUT2D eigenvalue weighted by Gasteiger charge is 2.20. The molecular weight excluding hydrogens is 230 g/mol. The molecule has 0 saturated heterocycles. The Balaban J connectivity index is 2.66. The van der Waals surface area contributed by atoms with Gasteiger partial charge in [0.25, 0.3) is 0 Å². The summed E-state index contributed by atoms with van der Waals surface area (Å²) >= 11 is 7.78. The first-order chi connectivity index (χ1) is 7.27. The number of aryl methyl sites for hydroxylation is 1. The van der Waals surface area contributed by atoms with Crippen molar-refractivity contribution in [2.24, 2.45) is 0 Å². The average Bonchev–Trinajstić information content (AvgIpc) is 2.27. The molecule has 0 aromatic heterocycles. The molecule has 0 aliphatic carbocycles. The molecule has 2 nitrogen and oxygen atoms in total. The molecule has 1 aliphatic rings. The lowest BCUT2D eigenvalue weighted by Crippen LogP contribution is -2.03. The van der Waals surface area contributed by atoms with E-state index in [2.05, 4.69) is 6.07 Å². The van der Waals surface area contributed by atoms with E-state index in [0.29, 0.717) is 16.3 Å². The van der Waals surface area contributed by atoms with Crippen molar-refractivity contribution in [3.05, 3.63) is 22.2 Å². The first-order valence-corrected chi connectivity index (χ1v) is 6.06. The average molecular weight is 240 g/mol. The molecule has 0 bridgehead atoms. The summed E-state index contributed by atoms with van der Waals surface area (Å²) in [6.45, 7) is 0. The molecule has 1 aromatic rings. The highest BCUT2D eigenvalue weighted by atomic mass is 35.5. The van der Waals surface area contributed by atoms with Gasteiger partial charge in [-0.2, -0.15) is 5.26 Å². The molecule has 2 rings (SSSR count). The third-order valence-electron chi connectivity index (χ3n) is 2.42. The summed E-state index contributed by atoms with van der Waals surface area (Å²) < 4.78 is 5.17. The smallest absolute Gasteiger partial charge is 0.156 e. The number of hydrogen-bond donors (Lipinski definition) is 0. The van der Waals surface area contributed by atoms with Crippen LogP contribution in [0.25, 0.3) is 0 Å². The van der Waals surface area contributed by atoms with Crippen LogP contribution in [0.15, 0.2) is 11.0 Å². The minimum atomic E-state index is 0.507. The van der Waals surface area contributed by atoms with Crippen molar-refractivity contribution in [2.75, 3.05) is 12.9 Å². The largest absolute Gasteiger partial charge is 0.494 e. The van der Waals surface area contributed by atoms with E-state index in [0.717, 1.165) is 23.5 Å². The molecule has 0 unspecified atom stereocenters. The van der Waals surface area contributed by atoms with Crippen molar-refractivity contribution < 1.29 is 4.74 Å². The maximum absolute atomic E-state index is 9.13. The van der Waals surface area contributed by atoms with Crippen LogP contribution in [0.4, 0.5) is 0 Å². The molecule has 0 radical (unpaired) electrons. The number of nitriles is 1. The normalized spacial score (nSPS) is 14.2. The molecule has 15 heavy (non-hydrogen) atoms. The van der Waals surface area contributed by atoms with Crippen LogP contribution in [-0.2, 0) is 6.42 Å². The zero-order valence-corrected chi connectivity index (χ0v) is 9.91. The van der Waals surface area contributed by atoms with E-state index < -0.39 is 0 Å². The second kappa shape index (κ2) is 4.34. The zero-order chi connectivity index (χ0) is 10.8. The third kappa shape index (κ3) is 1.80. The molecule has 0 N–H and O–H groups in total. The topological polar surface area (TPSA) is 33.0 Å². The minimum absolute atomic E-state index is 0.507. The number of thioether (sulfide) groups is 1. The zero-order valence-electron chi connectivity index (χ0n) is 8.34. The quantitative estimate of drug-likeness (QED) is 0.754. The van der Waals surface area contributed by atoms with Gasteiger partial charge in [-0.1, -0.05) is 11.6 Å². The first-order valence-electron chi connectivity index (χ1n) is 4.70. The van der Waals surface area contributed by atoms with Gasteiger partial charge in [0.05, 0.1) is 12.1 Å². The van der Waals surface area contributed by atoms with Gasteiger partial charge in [0.2, 0.25) is 0 Å². The maximum atomic E-state index is 9.13. The fourth-order valence-corrected chi connectivity index (χ4v) is 3.18. The number of benzene rings is 1. The minimum Gasteiger partial charge on any atom is -0.494 e. The molecule has 1 heterocycles. The van der Waals surface area contributed by atoms with Crippen molar-refractivity contribution in [3.8, 4) is 11.8 Å². The number of hydrogen-bond acceptors (Lipinski definition) is 3. The Labute approximate surface area is 98.2 Å². The van der Waals surface area contributed by atoms with Gasteiger partial charge in [0.1, 0.15) is 11.6 Å². The standard InChI is InChI=1S/C11H10ClNOS/c1-14-10-8(6-13)11-7(5-9(10)12)3-2-4-15-11/h5H,2-4H2,1H3. The SMILES string of the molecule is COc1c(Cl)cc2c(c1C#N)SCCC2. The predicted octanol–water partition coefficient (Wildman–Crippen LogP) is 3.26. The second-order valence-corrected chi connectivity index (χ2v) is 4.83. The van der Waals surface area contributed by atoms with Crippen LogP contribution < -0.4 is 4.74 Å². The van der Waals surface area contributed by atoms with Crippen LogP contribution in [0.5, 0.6) is 5.75 Å². The van der Waals surface area contributed by atoms with E-state index in [9.17, 15) is 0 Å². The van der Waals surface area contributed by atoms with Crippen molar-refractivity contribution in [1.29, 1.82) is 5.26 Å². The fraction of sp³-hybridized carbons (Fsp3) is 0.364. The molecule has 1 aromatic carbocycles. The molecule has 78 valence electrons. The van der Waals surface area contributed by atoms with Gasteiger partial charge >= 0.3 is 0 Å². The number of nitrogens with zero attached hydrogens (tertiary/aromatic N) is 1. The van der Waals surface area contributed by atoms with E-state index >= 15 is 0 Å². The summed E-state index contributed by atoms with van der Waals surface area (Å²) in [5.41, 5.74) is 1.76. The van der Waals surface area contributed by atoms with Gasteiger partial charge in [0, 0.05) is 4.90 Å². The Morgan fingerprint density at radius 2 is 2.40 bits per heavy atom. The molecule has 0 saturated carbocycles. The molecule has 0 fully saturated rings. The van der Waals surface area contributed by atoms with Crippen LogP contribution in [-0.4, -0.2) is 12.9 Å². The molecule has 0 spiro atoms. The monoisotopic (exact) mass is 239 g/mol. The number of ether oxygens (including phenoxy) is 1. The lowest BCUT2D eigenvalue weighted by molar-refractivity contribution is 0.412. The summed E-state index contributed by atoms with van der Waals surface area (Å²) in [7, 11) is 1.54. The summed E-state index contributed by atoms with van der Waals surface area (Å²) in [6, 6.07) is 4.10. The van der Waals surface area contributed by atoms with Crippen LogP contribution >= 0.6 is 23.4 Å². The predicted molar refractivity (Wildman–Crippen MR) is 61.8 cm³/mol. The maximum Gasteiger partial charge on any atom is 0.156 e. The van der Waals surface area contributed by atoms with E-state index in [1.54, 1.807) is 18.9 Å².